The summed E-state index contributed by atoms with van der Waals surface area (Å²) in [6, 6.07) is 4.17. The van der Waals surface area contributed by atoms with Gasteiger partial charge in [-0.15, -0.1) is 0 Å². The number of aromatic amines is 1. The van der Waals surface area contributed by atoms with E-state index in [-0.39, 0.29) is 0 Å². The molecule has 0 bridgehead atoms. The zero-order chi connectivity index (χ0) is 14.2. The van der Waals surface area contributed by atoms with Gasteiger partial charge in [0.15, 0.2) is 5.95 Å². The SMILES string of the molecule is COc1cc(C)c(-c2nc(N)[nH]c2Br)cc1C(C)C. The monoisotopic (exact) mass is 323 g/mol. The van der Waals surface area contributed by atoms with Crippen molar-refractivity contribution in [3.05, 3.63) is 27.9 Å². The van der Waals surface area contributed by atoms with Crippen molar-refractivity contribution < 1.29 is 4.74 Å². The molecule has 0 fully saturated rings. The number of hydrogen-bond acceptors (Lipinski definition) is 3. The van der Waals surface area contributed by atoms with Gasteiger partial charge in [0.25, 0.3) is 0 Å². The summed E-state index contributed by atoms with van der Waals surface area (Å²) in [5.74, 6) is 1.70. The Kier molecular flexibility index (Phi) is 3.85. The summed E-state index contributed by atoms with van der Waals surface area (Å²) in [6.07, 6.45) is 0. The van der Waals surface area contributed by atoms with Crippen LogP contribution in [0.4, 0.5) is 5.95 Å². The van der Waals surface area contributed by atoms with E-state index in [4.69, 9.17) is 10.5 Å². The lowest BCUT2D eigenvalue weighted by Gasteiger charge is -2.15. The van der Waals surface area contributed by atoms with Gasteiger partial charge < -0.3 is 15.5 Å². The standard InChI is InChI=1S/C14H18BrN3O/c1-7(2)9-6-10(8(3)5-11(9)19-4)12-13(15)18-14(16)17-12/h5-7H,1-4H3,(H3,16,17,18). The number of ether oxygens (including phenoxy) is 1. The number of imidazole rings is 1. The van der Waals surface area contributed by atoms with E-state index in [2.05, 4.69) is 45.8 Å². The van der Waals surface area contributed by atoms with E-state index >= 15 is 0 Å². The number of nitrogen functional groups attached to an aromatic ring is 1. The summed E-state index contributed by atoms with van der Waals surface area (Å²) in [4.78, 5) is 7.29. The van der Waals surface area contributed by atoms with Gasteiger partial charge in [-0.05, 0) is 52.0 Å². The van der Waals surface area contributed by atoms with Gasteiger partial charge in [-0.1, -0.05) is 13.8 Å². The van der Waals surface area contributed by atoms with E-state index in [9.17, 15) is 0 Å². The van der Waals surface area contributed by atoms with Crippen LogP contribution in [-0.2, 0) is 0 Å². The molecular weight excluding hydrogens is 306 g/mol. The van der Waals surface area contributed by atoms with Crippen molar-refractivity contribution in [2.75, 3.05) is 12.8 Å². The number of nitrogens with zero attached hydrogens (tertiary/aromatic N) is 1. The van der Waals surface area contributed by atoms with Gasteiger partial charge in [0.2, 0.25) is 0 Å². The fraction of sp³-hybridized carbons (Fsp3) is 0.357. The molecule has 0 spiro atoms. The van der Waals surface area contributed by atoms with Crippen LogP contribution < -0.4 is 10.5 Å². The van der Waals surface area contributed by atoms with Crippen LogP contribution in [-0.4, -0.2) is 17.1 Å². The number of H-pyrrole nitrogens is 1. The third-order valence-electron chi connectivity index (χ3n) is 3.13. The molecule has 0 aliphatic rings. The van der Waals surface area contributed by atoms with Gasteiger partial charge >= 0.3 is 0 Å². The van der Waals surface area contributed by atoms with E-state index < -0.39 is 0 Å². The molecule has 19 heavy (non-hydrogen) atoms. The summed E-state index contributed by atoms with van der Waals surface area (Å²) < 4.78 is 6.25. The number of rotatable bonds is 3. The quantitative estimate of drug-likeness (QED) is 0.901. The average molecular weight is 324 g/mol. The number of nitrogens with one attached hydrogen (secondary N) is 1. The summed E-state index contributed by atoms with van der Waals surface area (Å²) in [7, 11) is 1.70. The van der Waals surface area contributed by atoms with Crippen LogP contribution in [0.2, 0.25) is 0 Å². The van der Waals surface area contributed by atoms with Crippen LogP contribution in [0.3, 0.4) is 0 Å². The summed E-state index contributed by atoms with van der Waals surface area (Å²) in [5, 5.41) is 0. The van der Waals surface area contributed by atoms with Gasteiger partial charge in [-0.3, -0.25) is 0 Å². The van der Waals surface area contributed by atoms with Crippen molar-refractivity contribution >= 4 is 21.9 Å². The Hall–Kier alpha value is -1.49. The van der Waals surface area contributed by atoms with Crippen LogP contribution >= 0.6 is 15.9 Å². The molecule has 1 aromatic carbocycles. The minimum atomic E-state index is 0.379. The minimum Gasteiger partial charge on any atom is -0.496 e. The Bertz CT molecular complexity index is 605. The van der Waals surface area contributed by atoms with Crippen LogP contribution in [0.15, 0.2) is 16.7 Å². The van der Waals surface area contributed by atoms with E-state index in [1.165, 1.54) is 0 Å². The van der Waals surface area contributed by atoms with Crippen molar-refractivity contribution in [2.24, 2.45) is 0 Å². The molecule has 0 aliphatic heterocycles. The second-order valence-corrected chi connectivity index (χ2v) is 5.64. The normalized spacial score (nSPS) is 11.1. The van der Waals surface area contributed by atoms with Crippen LogP contribution in [0.5, 0.6) is 5.75 Å². The van der Waals surface area contributed by atoms with E-state index in [1.54, 1.807) is 7.11 Å². The molecule has 0 amide bonds. The second kappa shape index (κ2) is 5.25. The molecule has 2 aromatic rings. The van der Waals surface area contributed by atoms with E-state index in [0.29, 0.717) is 11.9 Å². The molecule has 0 saturated heterocycles. The van der Waals surface area contributed by atoms with Crippen molar-refractivity contribution in [3.63, 3.8) is 0 Å². The van der Waals surface area contributed by atoms with Gasteiger partial charge in [0, 0.05) is 5.56 Å². The Balaban J connectivity index is 2.64. The highest BCUT2D eigenvalue weighted by Gasteiger charge is 2.16. The minimum absolute atomic E-state index is 0.379. The van der Waals surface area contributed by atoms with Gasteiger partial charge in [-0.2, -0.15) is 0 Å². The number of methoxy groups -OCH3 is 1. The highest BCUT2D eigenvalue weighted by molar-refractivity contribution is 9.10. The van der Waals surface area contributed by atoms with Crippen molar-refractivity contribution in [3.8, 4) is 17.0 Å². The number of aromatic nitrogens is 2. The summed E-state index contributed by atoms with van der Waals surface area (Å²) in [6.45, 7) is 6.33. The number of aryl methyl sites for hydroxylation is 1. The van der Waals surface area contributed by atoms with Crippen molar-refractivity contribution in [1.29, 1.82) is 0 Å². The molecule has 5 heteroatoms. The Morgan fingerprint density at radius 1 is 1.37 bits per heavy atom. The zero-order valence-electron chi connectivity index (χ0n) is 11.5. The Labute approximate surface area is 121 Å². The maximum absolute atomic E-state index is 5.70. The first kappa shape index (κ1) is 13.9. The first-order chi connectivity index (χ1) is 8.93. The fourth-order valence-corrected chi connectivity index (χ4v) is 2.63. The molecule has 0 radical (unpaired) electrons. The predicted molar refractivity (Wildman–Crippen MR) is 81.5 cm³/mol. The van der Waals surface area contributed by atoms with E-state index in [1.807, 2.05) is 13.0 Å². The number of hydrogen-bond donors (Lipinski definition) is 2. The van der Waals surface area contributed by atoms with Gasteiger partial charge in [0.1, 0.15) is 16.0 Å². The molecule has 1 heterocycles. The van der Waals surface area contributed by atoms with Crippen LogP contribution in [0.25, 0.3) is 11.3 Å². The molecule has 2 rings (SSSR count). The summed E-state index contributed by atoms with van der Waals surface area (Å²) in [5.41, 5.74) is 9.86. The third kappa shape index (κ3) is 2.61. The highest BCUT2D eigenvalue weighted by atomic mass is 79.9. The maximum Gasteiger partial charge on any atom is 0.198 e. The highest BCUT2D eigenvalue weighted by Crippen LogP contribution is 2.36. The second-order valence-electron chi connectivity index (χ2n) is 4.85. The number of halogens is 1. The molecule has 0 atom stereocenters. The largest absolute Gasteiger partial charge is 0.496 e. The molecule has 1 aromatic heterocycles. The lowest BCUT2D eigenvalue weighted by molar-refractivity contribution is 0.407. The fourth-order valence-electron chi connectivity index (χ4n) is 2.13. The molecule has 0 unspecified atom stereocenters. The smallest absolute Gasteiger partial charge is 0.198 e. The van der Waals surface area contributed by atoms with Gasteiger partial charge in [-0.25, -0.2) is 4.98 Å². The third-order valence-corrected chi connectivity index (χ3v) is 3.71. The number of anilines is 1. The molecule has 4 nitrogen and oxygen atoms in total. The van der Waals surface area contributed by atoms with Crippen LogP contribution in [0, 0.1) is 6.92 Å². The Morgan fingerprint density at radius 2 is 2.05 bits per heavy atom. The van der Waals surface area contributed by atoms with Crippen molar-refractivity contribution in [1.82, 2.24) is 9.97 Å². The number of nitrogens with two attached hydrogens (primary N) is 1. The summed E-state index contributed by atoms with van der Waals surface area (Å²) >= 11 is 3.46. The average Bonchev–Trinajstić information content (AvgIpc) is 2.67. The molecule has 102 valence electrons. The first-order valence-corrected chi connectivity index (χ1v) is 6.93. The van der Waals surface area contributed by atoms with Gasteiger partial charge in [0.05, 0.1) is 7.11 Å². The first-order valence-electron chi connectivity index (χ1n) is 6.14. The molecule has 0 aliphatic carbocycles. The maximum atomic E-state index is 5.70. The Morgan fingerprint density at radius 3 is 2.53 bits per heavy atom. The van der Waals surface area contributed by atoms with E-state index in [0.717, 1.165) is 32.7 Å². The molecule has 0 saturated carbocycles. The predicted octanol–water partition coefficient (Wildman–Crippen LogP) is 3.86. The van der Waals surface area contributed by atoms with Crippen LogP contribution in [0.1, 0.15) is 30.9 Å². The number of benzene rings is 1. The lowest BCUT2D eigenvalue weighted by Crippen LogP contribution is -1.97. The zero-order valence-corrected chi connectivity index (χ0v) is 13.1. The molecular formula is C14H18BrN3O. The molecule has 3 N–H and O–H groups in total. The topological polar surface area (TPSA) is 63.9 Å². The van der Waals surface area contributed by atoms with Crippen molar-refractivity contribution in [2.45, 2.75) is 26.7 Å². The lowest BCUT2D eigenvalue weighted by atomic mass is 9.95.